The normalized spacial score (nSPS) is 10.4. The van der Waals surface area contributed by atoms with Gasteiger partial charge in [-0.2, -0.15) is 5.10 Å². The first-order chi connectivity index (χ1) is 10.7. The zero-order valence-corrected chi connectivity index (χ0v) is 12.2. The second-order valence-corrected chi connectivity index (χ2v) is 5.09. The number of carbonyl (C=O) groups is 1. The molecule has 0 radical (unpaired) electrons. The van der Waals surface area contributed by atoms with Crippen LogP contribution in [0.15, 0.2) is 55.0 Å². The summed E-state index contributed by atoms with van der Waals surface area (Å²) < 4.78 is 0. The maximum atomic E-state index is 12.1. The monoisotopic (exact) mass is 292 g/mol. The molecular weight excluding hydrogens is 276 g/mol. The van der Waals surface area contributed by atoms with Crippen LogP contribution in [0.3, 0.4) is 0 Å². The number of carbonyl (C=O) groups excluding carboxylic acids is 1. The van der Waals surface area contributed by atoms with Gasteiger partial charge in [-0.3, -0.25) is 14.9 Å². The van der Waals surface area contributed by atoms with Crippen LogP contribution in [0.2, 0.25) is 0 Å². The summed E-state index contributed by atoms with van der Waals surface area (Å²) in [5.74, 6) is -0.159. The minimum Gasteiger partial charge on any atom is -0.322 e. The number of aromatic nitrogens is 3. The van der Waals surface area contributed by atoms with Gasteiger partial charge in [0.2, 0.25) is 0 Å². The van der Waals surface area contributed by atoms with Crippen LogP contribution in [0.25, 0.3) is 0 Å². The second-order valence-electron chi connectivity index (χ2n) is 5.09. The van der Waals surface area contributed by atoms with E-state index in [9.17, 15) is 4.79 Å². The molecule has 1 aromatic carbocycles. The van der Waals surface area contributed by atoms with E-state index in [2.05, 4.69) is 20.5 Å². The maximum absolute atomic E-state index is 12.1. The van der Waals surface area contributed by atoms with Gasteiger partial charge < -0.3 is 5.32 Å². The number of nitrogens with one attached hydrogen (secondary N) is 2. The Morgan fingerprint density at radius 3 is 2.41 bits per heavy atom. The van der Waals surface area contributed by atoms with Crippen LogP contribution in [0, 0.1) is 6.92 Å². The Morgan fingerprint density at radius 1 is 1.09 bits per heavy atom. The van der Waals surface area contributed by atoms with Crippen molar-refractivity contribution in [3.05, 3.63) is 77.4 Å². The molecule has 22 heavy (non-hydrogen) atoms. The van der Waals surface area contributed by atoms with E-state index in [1.807, 2.05) is 43.3 Å². The van der Waals surface area contributed by atoms with Gasteiger partial charge in [-0.05, 0) is 48.7 Å². The third-order valence-electron chi connectivity index (χ3n) is 3.44. The number of H-pyrrole nitrogens is 1. The summed E-state index contributed by atoms with van der Waals surface area (Å²) in [6.45, 7) is 1.82. The first-order valence-corrected chi connectivity index (χ1v) is 7.01. The van der Waals surface area contributed by atoms with Gasteiger partial charge in [0.05, 0.1) is 11.8 Å². The van der Waals surface area contributed by atoms with Gasteiger partial charge in [-0.1, -0.05) is 12.1 Å². The summed E-state index contributed by atoms with van der Waals surface area (Å²) in [5.41, 5.74) is 4.47. The Labute approximate surface area is 128 Å². The lowest BCUT2D eigenvalue weighted by Gasteiger charge is -2.06. The Balaban J connectivity index is 1.67. The summed E-state index contributed by atoms with van der Waals surface area (Å²) >= 11 is 0. The van der Waals surface area contributed by atoms with Crippen molar-refractivity contribution in [2.75, 3.05) is 5.32 Å². The minimum atomic E-state index is -0.159. The number of amides is 1. The molecule has 2 heterocycles. The Morgan fingerprint density at radius 2 is 1.77 bits per heavy atom. The molecule has 0 aliphatic heterocycles. The number of hydrogen-bond donors (Lipinski definition) is 2. The lowest BCUT2D eigenvalue weighted by Crippen LogP contribution is -2.12. The number of aromatic amines is 1. The summed E-state index contributed by atoms with van der Waals surface area (Å²) in [6, 6.07) is 11.8. The third kappa shape index (κ3) is 3.20. The Bertz CT molecular complexity index is 763. The minimum absolute atomic E-state index is 0.159. The van der Waals surface area contributed by atoms with E-state index < -0.39 is 0 Å². The van der Waals surface area contributed by atoms with Crippen molar-refractivity contribution in [1.29, 1.82) is 0 Å². The molecule has 5 heteroatoms. The predicted octanol–water partition coefficient (Wildman–Crippen LogP) is 2.96. The molecule has 0 unspecified atom stereocenters. The number of aryl methyl sites for hydroxylation is 1. The van der Waals surface area contributed by atoms with Gasteiger partial charge in [-0.25, -0.2) is 0 Å². The standard InChI is InChI=1S/C17H16N4O/c1-12-16(11-19-21-12)17(22)20-15-4-2-13(3-5-15)10-14-6-8-18-9-7-14/h2-9,11H,10H2,1H3,(H,19,21)(H,20,22). The zero-order valence-electron chi connectivity index (χ0n) is 12.2. The Hall–Kier alpha value is -2.95. The highest BCUT2D eigenvalue weighted by Gasteiger charge is 2.10. The summed E-state index contributed by atoms with van der Waals surface area (Å²) in [7, 11) is 0. The third-order valence-corrected chi connectivity index (χ3v) is 3.44. The first kappa shape index (κ1) is 14.0. The topological polar surface area (TPSA) is 70.7 Å². The fourth-order valence-electron chi connectivity index (χ4n) is 2.22. The molecule has 5 nitrogen and oxygen atoms in total. The number of benzene rings is 1. The van der Waals surface area contributed by atoms with Gasteiger partial charge in [0.15, 0.2) is 0 Å². The van der Waals surface area contributed by atoms with Gasteiger partial charge in [-0.15, -0.1) is 0 Å². The van der Waals surface area contributed by atoms with Crippen LogP contribution in [-0.2, 0) is 6.42 Å². The molecule has 1 amide bonds. The summed E-state index contributed by atoms with van der Waals surface area (Å²) in [6.07, 6.45) is 5.95. The van der Waals surface area contributed by atoms with Crippen LogP contribution in [0.1, 0.15) is 27.2 Å². The average molecular weight is 292 g/mol. The number of rotatable bonds is 4. The quantitative estimate of drug-likeness (QED) is 0.776. The second kappa shape index (κ2) is 6.22. The van der Waals surface area contributed by atoms with Crippen molar-refractivity contribution in [1.82, 2.24) is 15.2 Å². The molecule has 0 spiro atoms. The van der Waals surface area contributed by atoms with E-state index in [0.717, 1.165) is 17.8 Å². The zero-order chi connectivity index (χ0) is 15.4. The van der Waals surface area contributed by atoms with Crippen molar-refractivity contribution in [3.63, 3.8) is 0 Å². The summed E-state index contributed by atoms with van der Waals surface area (Å²) in [4.78, 5) is 16.1. The van der Waals surface area contributed by atoms with Crippen molar-refractivity contribution < 1.29 is 4.79 Å². The SMILES string of the molecule is Cc1[nH]ncc1C(=O)Nc1ccc(Cc2ccncc2)cc1. The number of anilines is 1. The highest BCUT2D eigenvalue weighted by molar-refractivity contribution is 6.04. The molecule has 3 rings (SSSR count). The molecule has 0 fully saturated rings. The molecule has 110 valence electrons. The number of nitrogens with zero attached hydrogens (tertiary/aromatic N) is 2. The predicted molar refractivity (Wildman–Crippen MR) is 84.8 cm³/mol. The molecule has 0 aliphatic rings. The number of hydrogen-bond acceptors (Lipinski definition) is 3. The van der Waals surface area contributed by atoms with Crippen LogP contribution >= 0.6 is 0 Å². The highest BCUT2D eigenvalue weighted by atomic mass is 16.1. The smallest absolute Gasteiger partial charge is 0.259 e. The van der Waals surface area contributed by atoms with E-state index >= 15 is 0 Å². The first-order valence-electron chi connectivity index (χ1n) is 7.01. The van der Waals surface area contributed by atoms with Crippen molar-refractivity contribution >= 4 is 11.6 Å². The fourth-order valence-corrected chi connectivity index (χ4v) is 2.22. The number of pyridine rings is 1. The van der Waals surface area contributed by atoms with E-state index in [0.29, 0.717) is 5.56 Å². The largest absolute Gasteiger partial charge is 0.322 e. The van der Waals surface area contributed by atoms with Gasteiger partial charge >= 0.3 is 0 Å². The van der Waals surface area contributed by atoms with Crippen molar-refractivity contribution in [2.45, 2.75) is 13.3 Å². The van der Waals surface area contributed by atoms with E-state index in [4.69, 9.17) is 0 Å². The van der Waals surface area contributed by atoms with Gasteiger partial charge in [0.25, 0.3) is 5.91 Å². The van der Waals surface area contributed by atoms with Crippen LogP contribution in [0.5, 0.6) is 0 Å². The van der Waals surface area contributed by atoms with Gasteiger partial charge in [0.1, 0.15) is 0 Å². The Kier molecular flexibility index (Phi) is 3.96. The van der Waals surface area contributed by atoms with Gasteiger partial charge in [0, 0.05) is 23.8 Å². The van der Waals surface area contributed by atoms with Crippen LogP contribution in [-0.4, -0.2) is 21.1 Å². The van der Waals surface area contributed by atoms with Crippen LogP contribution in [0.4, 0.5) is 5.69 Å². The molecule has 2 N–H and O–H groups in total. The lowest BCUT2D eigenvalue weighted by atomic mass is 10.1. The fraction of sp³-hybridized carbons (Fsp3) is 0.118. The highest BCUT2D eigenvalue weighted by Crippen LogP contribution is 2.14. The molecular formula is C17H16N4O. The maximum Gasteiger partial charge on any atom is 0.259 e. The molecule has 3 aromatic rings. The van der Waals surface area contributed by atoms with Crippen molar-refractivity contribution in [2.24, 2.45) is 0 Å². The van der Waals surface area contributed by atoms with E-state index in [-0.39, 0.29) is 5.91 Å². The molecule has 0 bridgehead atoms. The molecule has 0 saturated heterocycles. The molecule has 0 aliphatic carbocycles. The van der Waals surface area contributed by atoms with E-state index in [1.165, 1.54) is 17.3 Å². The summed E-state index contributed by atoms with van der Waals surface area (Å²) in [5, 5.41) is 9.48. The molecule has 0 saturated carbocycles. The van der Waals surface area contributed by atoms with Crippen molar-refractivity contribution in [3.8, 4) is 0 Å². The van der Waals surface area contributed by atoms with E-state index in [1.54, 1.807) is 12.4 Å². The lowest BCUT2D eigenvalue weighted by molar-refractivity contribution is 0.102. The average Bonchev–Trinajstić information content (AvgIpc) is 2.96. The molecule has 2 aromatic heterocycles. The molecule has 0 atom stereocenters. The van der Waals surface area contributed by atoms with Crippen LogP contribution < -0.4 is 5.32 Å².